The first-order chi connectivity index (χ1) is 15.1. The van der Waals surface area contributed by atoms with Crippen LogP contribution in [0, 0.1) is 6.92 Å². The fraction of sp³-hybridized carbons (Fsp3) is 0.208. The molecule has 0 atom stereocenters. The molecule has 158 valence electrons. The van der Waals surface area contributed by atoms with Crippen LogP contribution >= 0.6 is 0 Å². The van der Waals surface area contributed by atoms with Gasteiger partial charge in [0.25, 0.3) is 11.8 Å². The van der Waals surface area contributed by atoms with Crippen molar-refractivity contribution in [3.8, 4) is 11.5 Å². The third-order valence-electron chi connectivity index (χ3n) is 5.16. The maximum atomic E-state index is 13.4. The summed E-state index contributed by atoms with van der Waals surface area (Å²) in [6.45, 7) is 4.93. The summed E-state index contributed by atoms with van der Waals surface area (Å²) >= 11 is 0. The van der Waals surface area contributed by atoms with E-state index < -0.39 is 0 Å². The summed E-state index contributed by atoms with van der Waals surface area (Å²) in [5.74, 6) is 0.943. The van der Waals surface area contributed by atoms with Crippen molar-refractivity contribution < 1.29 is 19.1 Å². The van der Waals surface area contributed by atoms with E-state index in [0.717, 1.165) is 11.1 Å². The van der Waals surface area contributed by atoms with Crippen LogP contribution in [0.15, 0.2) is 60.9 Å². The first-order valence-corrected chi connectivity index (χ1v) is 10.1. The smallest absolute Gasteiger partial charge is 0.256 e. The molecule has 2 heterocycles. The van der Waals surface area contributed by atoms with E-state index in [9.17, 15) is 9.59 Å². The van der Waals surface area contributed by atoms with E-state index in [2.05, 4.69) is 10.3 Å². The van der Waals surface area contributed by atoms with Gasteiger partial charge in [-0.15, -0.1) is 0 Å². The molecule has 0 saturated heterocycles. The Kier molecular flexibility index (Phi) is 5.84. The van der Waals surface area contributed by atoms with E-state index in [4.69, 9.17) is 9.47 Å². The molecule has 2 aromatic carbocycles. The maximum Gasteiger partial charge on any atom is 0.256 e. The lowest BCUT2D eigenvalue weighted by Gasteiger charge is -2.23. The predicted octanol–water partition coefficient (Wildman–Crippen LogP) is 4.03. The lowest BCUT2D eigenvalue weighted by Crippen LogP contribution is -2.31. The first kappa shape index (κ1) is 20.4. The molecule has 0 fully saturated rings. The summed E-state index contributed by atoms with van der Waals surface area (Å²) in [5.41, 5.74) is 3.19. The van der Waals surface area contributed by atoms with Crippen molar-refractivity contribution in [2.24, 2.45) is 0 Å². The summed E-state index contributed by atoms with van der Waals surface area (Å²) in [6, 6.07) is 14.3. The molecule has 7 nitrogen and oxygen atoms in total. The number of nitrogens with zero attached hydrogens (tertiary/aromatic N) is 2. The molecular weight excluding hydrogens is 394 g/mol. The number of carbonyl (C=O) groups is 2. The average molecular weight is 417 g/mol. The van der Waals surface area contributed by atoms with Crippen molar-refractivity contribution in [3.05, 3.63) is 83.2 Å². The molecule has 1 aliphatic heterocycles. The Bertz CT molecular complexity index is 1120. The molecular formula is C24H23N3O4. The van der Waals surface area contributed by atoms with Gasteiger partial charge >= 0.3 is 0 Å². The lowest BCUT2D eigenvalue weighted by atomic mass is 10.1. The molecule has 0 spiro atoms. The number of anilines is 1. The number of fused-ring (bicyclic) bond motifs is 1. The minimum absolute atomic E-state index is 0.158. The number of benzene rings is 2. The van der Waals surface area contributed by atoms with Crippen LogP contribution in [0.3, 0.4) is 0 Å². The predicted molar refractivity (Wildman–Crippen MR) is 116 cm³/mol. The van der Waals surface area contributed by atoms with Gasteiger partial charge in [0, 0.05) is 31.0 Å². The highest BCUT2D eigenvalue weighted by atomic mass is 16.7. The Morgan fingerprint density at radius 2 is 1.84 bits per heavy atom. The molecule has 1 N–H and O–H groups in total. The van der Waals surface area contributed by atoms with Gasteiger partial charge in [0.15, 0.2) is 11.5 Å². The first-order valence-electron chi connectivity index (χ1n) is 10.1. The van der Waals surface area contributed by atoms with Crippen molar-refractivity contribution >= 4 is 17.5 Å². The van der Waals surface area contributed by atoms with Crippen LogP contribution in [0.25, 0.3) is 0 Å². The maximum absolute atomic E-state index is 13.4. The molecule has 7 heteroatoms. The Hall–Kier alpha value is -3.87. The van der Waals surface area contributed by atoms with Crippen LogP contribution in [0.5, 0.6) is 11.5 Å². The van der Waals surface area contributed by atoms with E-state index in [-0.39, 0.29) is 18.6 Å². The fourth-order valence-electron chi connectivity index (χ4n) is 3.46. The monoisotopic (exact) mass is 417 g/mol. The number of rotatable bonds is 6. The summed E-state index contributed by atoms with van der Waals surface area (Å²) < 4.78 is 10.8. The van der Waals surface area contributed by atoms with E-state index in [1.807, 2.05) is 44.2 Å². The second-order valence-electron chi connectivity index (χ2n) is 7.19. The number of amides is 2. The molecule has 3 aromatic rings. The SMILES string of the molecule is CCN(Cc1ccc2c(c1)OCO2)C(=O)c1cccc(C)c1NC(=O)c1ccncc1. The number of aromatic nitrogens is 1. The summed E-state index contributed by atoms with van der Waals surface area (Å²) in [5, 5.41) is 2.90. The largest absolute Gasteiger partial charge is 0.454 e. The van der Waals surface area contributed by atoms with Gasteiger partial charge in [-0.2, -0.15) is 0 Å². The quantitative estimate of drug-likeness (QED) is 0.655. The molecule has 1 aliphatic rings. The second-order valence-corrected chi connectivity index (χ2v) is 7.19. The van der Waals surface area contributed by atoms with E-state index in [0.29, 0.717) is 41.4 Å². The number of carbonyl (C=O) groups excluding carboxylic acids is 2. The summed E-state index contributed by atoms with van der Waals surface area (Å²) in [6.07, 6.45) is 3.12. The number of para-hydroxylation sites is 1. The third-order valence-corrected chi connectivity index (χ3v) is 5.16. The average Bonchev–Trinajstić information content (AvgIpc) is 3.27. The summed E-state index contributed by atoms with van der Waals surface area (Å²) in [7, 11) is 0. The molecule has 0 unspecified atom stereocenters. The van der Waals surface area contributed by atoms with Gasteiger partial charge in [0.05, 0.1) is 11.3 Å². The van der Waals surface area contributed by atoms with Crippen molar-refractivity contribution in [3.63, 3.8) is 0 Å². The van der Waals surface area contributed by atoms with Gasteiger partial charge in [-0.1, -0.05) is 18.2 Å². The van der Waals surface area contributed by atoms with E-state index >= 15 is 0 Å². The zero-order valence-electron chi connectivity index (χ0n) is 17.4. The van der Waals surface area contributed by atoms with Crippen LogP contribution < -0.4 is 14.8 Å². The topological polar surface area (TPSA) is 80.8 Å². The van der Waals surface area contributed by atoms with Crippen LogP contribution in [-0.4, -0.2) is 35.0 Å². The standard InChI is InChI=1S/C24H23N3O4/c1-3-27(14-17-7-8-20-21(13-17)31-15-30-20)24(29)19-6-4-5-16(2)22(19)26-23(28)18-9-11-25-12-10-18/h4-13H,3,14-15H2,1-2H3,(H,26,28). The second kappa shape index (κ2) is 8.87. The Labute approximate surface area is 180 Å². The van der Waals surface area contributed by atoms with Crippen LogP contribution in [-0.2, 0) is 6.54 Å². The summed E-state index contributed by atoms with van der Waals surface area (Å²) in [4.78, 5) is 31.8. The highest BCUT2D eigenvalue weighted by Gasteiger charge is 2.22. The number of nitrogens with one attached hydrogen (secondary N) is 1. The van der Waals surface area contributed by atoms with Crippen LogP contribution in [0.2, 0.25) is 0 Å². The molecule has 31 heavy (non-hydrogen) atoms. The van der Waals surface area contributed by atoms with Crippen LogP contribution in [0.1, 0.15) is 38.8 Å². The van der Waals surface area contributed by atoms with Crippen LogP contribution in [0.4, 0.5) is 5.69 Å². The van der Waals surface area contributed by atoms with Gasteiger partial charge in [0.1, 0.15) is 0 Å². The molecule has 0 saturated carbocycles. The lowest BCUT2D eigenvalue weighted by molar-refractivity contribution is 0.0753. The van der Waals surface area contributed by atoms with Crippen molar-refractivity contribution in [2.75, 3.05) is 18.7 Å². The van der Waals surface area contributed by atoms with Gasteiger partial charge in [0.2, 0.25) is 6.79 Å². The van der Waals surface area contributed by atoms with Crippen molar-refractivity contribution in [1.82, 2.24) is 9.88 Å². The molecule has 4 rings (SSSR count). The molecule has 0 aliphatic carbocycles. The minimum Gasteiger partial charge on any atom is -0.454 e. The number of aryl methyl sites for hydroxylation is 1. The molecule has 0 bridgehead atoms. The zero-order valence-corrected chi connectivity index (χ0v) is 17.4. The molecule has 2 amide bonds. The van der Waals surface area contributed by atoms with E-state index in [1.165, 1.54) is 0 Å². The van der Waals surface area contributed by atoms with Crippen molar-refractivity contribution in [1.29, 1.82) is 0 Å². The normalized spacial score (nSPS) is 11.8. The van der Waals surface area contributed by atoms with Gasteiger partial charge in [-0.05, 0) is 55.3 Å². The van der Waals surface area contributed by atoms with Gasteiger partial charge < -0.3 is 19.7 Å². The number of pyridine rings is 1. The highest BCUT2D eigenvalue weighted by molar-refractivity contribution is 6.09. The Balaban J connectivity index is 1.58. The Morgan fingerprint density at radius 3 is 2.61 bits per heavy atom. The number of ether oxygens (including phenoxy) is 2. The molecule has 0 radical (unpaired) electrons. The third kappa shape index (κ3) is 4.35. The fourth-order valence-corrected chi connectivity index (χ4v) is 3.46. The van der Waals surface area contributed by atoms with Gasteiger partial charge in [-0.3, -0.25) is 14.6 Å². The molecule has 1 aromatic heterocycles. The van der Waals surface area contributed by atoms with Gasteiger partial charge in [-0.25, -0.2) is 0 Å². The highest BCUT2D eigenvalue weighted by Crippen LogP contribution is 2.33. The van der Waals surface area contributed by atoms with E-state index in [1.54, 1.807) is 35.5 Å². The zero-order chi connectivity index (χ0) is 21.8. The number of hydrogen-bond acceptors (Lipinski definition) is 5. The Morgan fingerprint density at radius 1 is 1.06 bits per heavy atom. The van der Waals surface area contributed by atoms with Crippen molar-refractivity contribution in [2.45, 2.75) is 20.4 Å². The number of hydrogen-bond donors (Lipinski definition) is 1. The minimum atomic E-state index is -0.287.